The Hall–Kier alpha value is -3.93. The Balaban J connectivity index is 1.70. The van der Waals surface area contributed by atoms with Gasteiger partial charge in [0.05, 0.1) is 6.42 Å². The Morgan fingerprint density at radius 3 is 1.93 bits per heavy atom. The van der Waals surface area contributed by atoms with Crippen LogP contribution in [0.3, 0.4) is 0 Å². The molecule has 0 radical (unpaired) electrons. The van der Waals surface area contributed by atoms with Gasteiger partial charge in [-0.25, -0.2) is 4.79 Å². The van der Waals surface area contributed by atoms with Crippen molar-refractivity contribution in [3.63, 3.8) is 0 Å². The van der Waals surface area contributed by atoms with Crippen molar-refractivity contribution in [2.45, 2.75) is 12.5 Å². The molecule has 0 aliphatic carbocycles. The lowest BCUT2D eigenvalue weighted by Crippen LogP contribution is -2.39. The molecule has 146 valence electrons. The number of esters is 1. The van der Waals surface area contributed by atoms with Crippen LogP contribution in [0.1, 0.15) is 17.2 Å². The lowest BCUT2D eigenvalue weighted by atomic mass is 10.0. The van der Waals surface area contributed by atoms with Gasteiger partial charge in [0.1, 0.15) is 0 Å². The number of carbonyl (C=O) groups is 3. The number of nitrogens with two attached hydrogens (primary N) is 1. The van der Waals surface area contributed by atoms with Gasteiger partial charge in [0, 0.05) is 5.56 Å². The maximum absolute atomic E-state index is 12.4. The van der Waals surface area contributed by atoms with Crippen LogP contribution in [0.4, 0.5) is 4.79 Å². The molecule has 6 nitrogen and oxygen atoms in total. The van der Waals surface area contributed by atoms with E-state index in [1.807, 2.05) is 59.9 Å². The third-order valence-corrected chi connectivity index (χ3v) is 4.25. The highest BCUT2D eigenvalue weighted by molar-refractivity contribution is 5.97. The van der Waals surface area contributed by atoms with Crippen LogP contribution >= 0.6 is 0 Å². The molecule has 0 aromatic heterocycles. The molecule has 3 rings (SSSR count). The average Bonchev–Trinajstić information content (AvgIpc) is 2.73. The van der Waals surface area contributed by atoms with Crippen LogP contribution in [0, 0.1) is 0 Å². The number of hydrogen-bond donors (Lipinski definition) is 2. The van der Waals surface area contributed by atoms with Crippen LogP contribution in [0.25, 0.3) is 11.1 Å². The van der Waals surface area contributed by atoms with Gasteiger partial charge in [-0.1, -0.05) is 84.9 Å². The SMILES string of the molecule is NC(=O)NC(=O)[C@H](OC(=O)Cc1ccc(-c2ccccc2)cc1)c1ccccc1. The molecular weight excluding hydrogens is 368 g/mol. The number of amides is 3. The molecule has 3 aromatic carbocycles. The van der Waals surface area contributed by atoms with Gasteiger partial charge in [-0.05, 0) is 16.7 Å². The van der Waals surface area contributed by atoms with Gasteiger partial charge < -0.3 is 10.5 Å². The Kier molecular flexibility index (Phi) is 6.37. The second-order valence-electron chi connectivity index (χ2n) is 6.37. The van der Waals surface area contributed by atoms with Crippen molar-refractivity contribution in [2.24, 2.45) is 5.73 Å². The average molecular weight is 388 g/mol. The molecule has 0 spiro atoms. The minimum atomic E-state index is -1.26. The first-order valence-electron chi connectivity index (χ1n) is 9.02. The molecule has 3 aromatic rings. The van der Waals surface area contributed by atoms with Crippen LogP contribution in [0.5, 0.6) is 0 Å². The number of benzene rings is 3. The highest BCUT2D eigenvalue weighted by Gasteiger charge is 2.26. The van der Waals surface area contributed by atoms with E-state index in [4.69, 9.17) is 10.5 Å². The zero-order chi connectivity index (χ0) is 20.6. The van der Waals surface area contributed by atoms with E-state index in [1.165, 1.54) is 0 Å². The van der Waals surface area contributed by atoms with E-state index in [9.17, 15) is 14.4 Å². The zero-order valence-electron chi connectivity index (χ0n) is 15.6. The van der Waals surface area contributed by atoms with E-state index in [-0.39, 0.29) is 6.42 Å². The topological polar surface area (TPSA) is 98.5 Å². The second kappa shape index (κ2) is 9.32. The van der Waals surface area contributed by atoms with Gasteiger partial charge in [0.15, 0.2) is 0 Å². The smallest absolute Gasteiger partial charge is 0.318 e. The van der Waals surface area contributed by atoms with E-state index in [0.29, 0.717) is 5.56 Å². The molecule has 0 heterocycles. The monoisotopic (exact) mass is 388 g/mol. The number of urea groups is 1. The third kappa shape index (κ3) is 5.52. The predicted octanol–water partition coefficient (Wildman–Crippen LogP) is 3.38. The van der Waals surface area contributed by atoms with Crippen LogP contribution in [0.2, 0.25) is 0 Å². The van der Waals surface area contributed by atoms with Crippen molar-refractivity contribution < 1.29 is 19.1 Å². The van der Waals surface area contributed by atoms with Gasteiger partial charge in [-0.3, -0.25) is 14.9 Å². The summed E-state index contributed by atoms with van der Waals surface area (Å²) in [6.45, 7) is 0. The zero-order valence-corrected chi connectivity index (χ0v) is 15.6. The third-order valence-electron chi connectivity index (χ3n) is 4.25. The molecule has 3 N–H and O–H groups in total. The fourth-order valence-electron chi connectivity index (χ4n) is 2.87. The van der Waals surface area contributed by atoms with Gasteiger partial charge in [-0.15, -0.1) is 0 Å². The van der Waals surface area contributed by atoms with Crippen molar-refractivity contribution in [3.8, 4) is 11.1 Å². The Labute approximate surface area is 168 Å². The van der Waals surface area contributed by atoms with Crippen LogP contribution in [0.15, 0.2) is 84.9 Å². The molecule has 6 heteroatoms. The summed E-state index contributed by atoms with van der Waals surface area (Å²) in [5.74, 6) is -1.39. The van der Waals surface area contributed by atoms with Crippen molar-refractivity contribution in [2.75, 3.05) is 0 Å². The summed E-state index contributed by atoms with van der Waals surface area (Å²) >= 11 is 0. The number of hydrogen-bond acceptors (Lipinski definition) is 4. The highest BCUT2D eigenvalue weighted by Crippen LogP contribution is 2.21. The minimum absolute atomic E-state index is 0.0117. The van der Waals surface area contributed by atoms with Crippen LogP contribution in [-0.4, -0.2) is 17.9 Å². The number of primary amides is 1. The summed E-state index contributed by atoms with van der Waals surface area (Å²) in [4.78, 5) is 35.7. The molecule has 29 heavy (non-hydrogen) atoms. The van der Waals surface area contributed by atoms with E-state index in [2.05, 4.69) is 0 Å². The summed E-state index contributed by atoms with van der Waals surface area (Å²) in [5, 5.41) is 1.96. The molecule has 0 saturated heterocycles. The predicted molar refractivity (Wildman–Crippen MR) is 109 cm³/mol. The number of carbonyl (C=O) groups excluding carboxylic acids is 3. The van der Waals surface area contributed by atoms with E-state index in [0.717, 1.165) is 16.7 Å². The molecule has 0 saturated carbocycles. The highest BCUT2D eigenvalue weighted by atomic mass is 16.5. The van der Waals surface area contributed by atoms with E-state index in [1.54, 1.807) is 30.3 Å². The second-order valence-corrected chi connectivity index (χ2v) is 6.37. The Bertz CT molecular complexity index is 986. The van der Waals surface area contributed by atoms with Crippen molar-refractivity contribution in [3.05, 3.63) is 96.1 Å². The lowest BCUT2D eigenvalue weighted by molar-refractivity contribution is -0.155. The van der Waals surface area contributed by atoms with E-state index < -0.39 is 24.0 Å². The largest absolute Gasteiger partial charge is 0.447 e. The first-order chi connectivity index (χ1) is 14.0. The summed E-state index contributed by atoms with van der Waals surface area (Å²) < 4.78 is 5.36. The lowest BCUT2D eigenvalue weighted by Gasteiger charge is -2.17. The number of nitrogens with one attached hydrogen (secondary N) is 1. The maximum atomic E-state index is 12.4. The fraction of sp³-hybridized carbons (Fsp3) is 0.0870. The standard InChI is InChI=1S/C23H20N2O4/c24-23(28)25-22(27)21(19-9-5-2-6-10-19)29-20(26)15-16-11-13-18(14-12-16)17-7-3-1-4-8-17/h1-14,21H,15H2,(H3,24,25,27,28)/t21-/m1/s1. The van der Waals surface area contributed by atoms with Crippen molar-refractivity contribution in [1.29, 1.82) is 0 Å². The summed E-state index contributed by atoms with van der Waals surface area (Å²) in [5.41, 5.74) is 8.32. The van der Waals surface area contributed by atoms with Crippen LogP contribution < -0.4 is 11.1 Å². The normalized spacial score (nSPS) is 11.3. The van der Waals surface area contributed by atoms with Crippen molar-refractivity contribution >= 4 is 17.9 Å². The molecule has 0 bridgehead atoms. The fourth-order valence-corrected chi connectivity index (χ4v) is 2.87. The number of ether oxygens (including phenoxy) is 1. The Morgan fingerprint density at radius 1 is 0.793 bits per heavy atom. The first-order valence-corrected chi connectivity index (χ1v) is 9.02. The molecule has 0 fully saturated rings. The molecule has 0 aliphatic heterocycles. The van der Waals surface area contributed by atoms with Crippen LogP contribution in [-0.2, 0) is 20.7 Å². The number of imide groups is 1. The Morgan fingerprint density at radius 2 is 1.34 bits per heavy atom. The quantitative estimate of drug-likeness (QED) is 0.633. The van der Waals surface area contributed by atoms with Gasteiger partial charge >= 0.3 is 12.0 Å². The summed E-state index contributed by atoms with van der Waals surface area (Å²) in [6, 6.07) is 24.8. The number of rotatable bonds is 6. The van der Waals surface area contributed by atoms with Crippen molar-refractivity contribution in [1.82, 2.24) is 5.32 Å². The maximum Gasteiger partial charge on any atom is 0.318 e. The first kappa shape index (κ1) is 19.8. The minimum Gasteiger partial charge on any atom is -0.447 e. The summed E-state index contributed by atoms with van der Waals surface area (Å²) in [7, 11) is 0. The molecule has 0 aliphatic rings. The van der Waals surface area contributed by atoms with Gasteiger partial charge in [0.2, 0.25) is 6.10 Å². The molecular formula is C23H20N2O4. The molecule has 3 amide bonds. The van der Waals surface area contributed by atoms with E-state index >= 15 is 0 Å². The van der Waals surface area contributed by atoms with Gasteiger partial charge in [-0.2, -0.15) is 0 Å². The molecule has 1 atom stereocenters. The molecule has 0 unspecified atom stereocenters. The summed E-state index contributed by atoms with van der Waals surface area (Å²) in [6.07, 6.45) is -1.28. The van der Waals surface area contributed by atoms with Gasteiger partial charge in [0.25, 0.3) is 5.91 Å².